The Bertz CT molecular complexity index is 475. The molecule has 5 heteroatoms. The molecule has 4 nitrogen and oxygen atoms in total. The molecule has 2 rings (SSSR count). The second-order valence-electron chi connectivity index (χ2n) is 5.54. The van der Waals surface area contributed by atoms with Crippen LogP contribution in [-0.2, 0) is 9.53 Å². The topological polar surface area (TPSA) is 38.8 Å². The standard InChI is InChI=1S/C17H24BrNO3/c1-2-19(12-14-9-11-21-13-14)17(20)8-5-10-22-16-7-4-3-6-15(16)18/h3-4,6-7,14H,2,5,8-13H2,1H3. The summed E-state index contributed by atoms with van der Waals surface area (Å²) in [4.78, 5) is 14.2. The van der Waals surface area contributed by atoms with Crippen LogP contribution in [0.15, 0.2) is 28.7 Å². The summed E-state index contributed by atoms with van der Waals surface area (Å²) in [5.41, 5.74) is 0. The molecule has 0 radical (unpaired) electrons. The monoisotopic (exact) mass is 369 g/mol. The van der Waals surface area contributed by atoms with E-state index in [0.717, 1.165) is 49.4 Å². The van der Waals surface area contributed by atoms with E-state index < -0.39 is 0 Å². The molecule has 0 saturated carbocycles. The summed E-state index contributed by atoms with van der Waals surface area (Å²) < 4.78 is 12.0. The van der Waals surface area contributed by atoms with Gasteiger partial charge in [0.1, 0.15) is 5.75 Å². The first-order valence-electron chi connectivity index (χ1n) is 7.93. The zero-order valence-electron chi connectivity index (χ0n) is 13.1. The first-order chi connectivity index (χ1) is 10.7. The van der Waals surface area contributed by atoms with Crippen molar-refractivity contribution in [3.63, 3.8) is 0 Å². The molecule has 1 aliphatic rings. The van der Waals surface area contributed by atoms with Gasteiger partial charge in [-0.25, -0.2) is 0 Å². The Morgan fingerprint density at radius 3 is 2.95 bits per heavy atom. The largest absolute Gasteiger partial charge is 0.492 e. The second kappa shape index (κ2) is 9.16. The predicted molar refractivity (Wildman–Crippen MR) is 90.1 cm³/mol. The van der Waals surface area contributed by atoms with Crippen molar-refractivity contribution in [2.75, 3.05) is 32.9 Å². The van der Waals surface area contributed by atoms with E-state index in [4.69, 9.17) is 9.47 Å². The fourth-order valence-electron chi connectivity index (χ4n) is 2.57. The third-order valence-corrected chi connectivity index (χ3v) is 4.52. The molecule has 0 aromatic heterocycles. The molecule has 1 amide bonds. The Balaban J connectivity index is 1.68. The van der Waals surface area contributed by atoms with Crippen LogP contribution in [0.25, 0.3) is 0 Å². The summed E-state index contributed by atoms with van der Waals surface area (Å²) in [7, 11) is 0. The Morgan fingerprint density at radius 1 is 1.45 bits per heavy atom. The Kier molecular flexibility index (Phi) is 7.19. The molecule has 1 aromatic rings. The van der Waals surface area contributed by atoms with Crippen molar-refractivity contribution in [2.45, 2.75) is 26.2 Å². The summed E-state index contributed by atoms with van der Waals surface area (Å²) in [5, 5.41) is 0. The number of hydrogen-bond donors (Lipinski definition) is 0. The molecule has 0 aliphatic carbocycles. The minimum absolute atomic E-state index is 0.213. The lowest BCUT2D eigenvalue weighted by atomic mass is 10.1. The van der Waals surface area contributed by atoms with Crippen molar-refractivity contribution in [2.24, 2.45) is 5.92 Å². The highest BCUT2D eigenvalue weighted by atomic mass is 79.9. The summed E-state index contributed by atoms with van der Waals surface area (Å²) >= 11 is 3.45. The van der Waals surface area contributed by atoms with Crippen molar-refractivity contribution in [1.82, 2.24) is 4.90 Å². The highest BCUT2D eigenvalue weighted by molar-refractivity contribution is 9.10. The van der Waals surface area contributed by atoms with Gasteiger partial charge in [0.05, 0.1) is 17.7 Å². The highest BCUT2D eigenvalue weighted by Gasteiger charge is 2.21. The van der Waals surface area contributed by atoms with Gasteiger partial charge in [-0.05, 0) is 47.8 Å². The number of carbonyl (C=O) groups excluding carboxylic acids is 1. The van der Waals surface area contributed by atoms with Gasteiger partial charge >= 0.3 is 0 Å². The number of rotatable bonds is 8. The SMILES string of the molecule is CCN(CC1CCOC1)C(=O)CCCOc1ccccc1Br. The minimum Gasteiger partial charge on any atom is -0.492 e. The summed E-state index contributed by atoms with van der Waals surface area (Å²) in [6.07, 6.45) is 2.33. The maximum absolute atomic E-state index is 12.3. The lowest BCUT2D eigenvalue weighted by Crippen LogP contribution is -2.35. The maximum Gasteiger partial charge on any atom is 0.222 e. The van der Waals surface area contributed by atoms with E-state index in [-0.39, 0.29) is 5.91 Å². The average molecular weight is 370 g/mol. The maximum atomic E-state index is 12.3. The zero-order valence-corrected chi connectivity index (χ0v) is 14.7. The van der Waals surface area contributed by atoms with E-state index in [9.17, 15) is 4.79 Å². The number of para-hydroxylation sites is 1. The molecule has 122 valence electrons. The molecule has 1 atom stereocenters. The Hall–Kier alpha value is -1.07. The molecule has 1 aliphatic heterocycles. The van der Waals surface area contributed by atoms with Crippen LogP contribution in [0.1, 0.15) is 26.2 Å². The number of hydrogen-bond acceptors (Lipinski definition) is 3. The van der Waals surface area contributed by atoms with E-state index in [1.807, 2.05) is 36.1 Å². The van der Waals surface area contributed by atoms with Gasteiger partial charge in [0, 0.05) is 32.0 Å². The number of ether oxygens (including phenoxy) is 2. The molecule has 1 saturated heterocycles. The summed E-state index contributed by atoms with van der Waals surface area (Å²) in [5.74, 6) is 1.54. The van der Waals surface area contributed by atoms with Gasteiger partial charge in [-0.15, -0.1) is 0 Å². The molecule has 0 spiro atoms. The van der Waals surface area contributed by atoms with Gasteiger partial charge in [0.25, 0.3) is 0 Å². The van der Waals surface area contributed by atoms with Crippen LogP contribution >= 0.6 is 15.9 Å². The van der Waals surface area contributed by atoms with Gasteiger partial charge in [-0.1, -0.05) is 12.1 Å². The molecule has 1 fully saturated rings. The van der Waals surface area contributed by atoms with Crippen LogP contribution < -0.4 is 4.74 Å². The molecule has 1 aromatic carbocycles. The van der Waals surface area contributed by atoms with E-state index >= 15 is 0 Å². The van der Waals surface area contributed by atoms with Crippen molar-refractivity contribution in [1.29, 1.82) is 0 Å². The highest BCUT2D eigenvalue weighted by Crippen LogP contribution is 2.24. The van der Waals surface area contributed by atoms with Crippen LogP contribution in [0.5, 0.6) is 5.75 Å². The van der Waals surface area contributed by atoms with Gasteiger partial charge in [0.2, 0.25) is 5.91 Å². The quantitative estimate of drug-likeness (QED) is 0.658. The lowest BCUT2D eigenvalue weighted by molar-refractivity contribution is -0.131. The van der Waals surface area contributed by atoms with Gasteiger partial charge in [0.15, 0.2) is 0 Å². The molecule has 0 N–H and O–H groups in total. The number of amides is 1. The smallest absolute Gasteiger partial charge is 0.222 e. The normalized spacial score (nSPS) is 17.5. The first-order valence-corrected chi connectivity index (χ1v) is 8.73. The molecule has 1 unspecified atom stereocenters. The fraction of sp³-hybridized carbons (Fsp3) is 0.588. The molecular weight excluding hydrogens is 346 g/mol. The molecule has 22 heavy (non-hydrogen) atoms. The van der Waals surface area contributed by atoms with Crippen LogP contribution in [0.3, 0.4) is 0 Å². The average Bonchev–Trinajstić information content (AvgIpc) is 3.03. The first kappa shape index (κ1) is 17.3. The lowest BCUT2D eigenvalue weighted by Gasteiger charge is -2.23. The van der Waals surface area contributed by atoms with Crippen molar-refractivity contribution < 1.29 is 14.3 Å². The molecule has 0 bridgehead atoms. The van der Waals surface area contributed by atoms with Crippen molar-refractivity contribution in [3.8, 4) is 5.75 Å². The fourth-order valence-corrected chi connectivity index (χ4v) is 2.97. The third-order valence-electron chi connectivity index (χ3n) is 3.87. The van der Waals surface area contributed by atoms with Crippen LogP contribution in [0.2, 0.25) is 0 Å². The predicted octanol–water partition coefficient (Wildman–Crippen LogP) is 3.49. The number of carbonyl (C=O) groups is 1. The third kappa shape index (κ3) is 5.29. The number of nitrogens with zero attached hydrogens (tertiary/aromatic N) is 1. The van der Waals surface area contributed by atoms with Gasteiger partial charge in [-0.3, -0.25) is 4.79 Å². The van der Waals surface area contributed by atoms with Crippen LogP contribution in [-0.4, -0.2) is 43.7 Å². The Morgan fingerprint density at radius 2 is 2.27 bits per heavy atom. The Labute approximate surface area is 140 Å². The number of benzene rings is 1. The molecule has 1 heterocycles. The molecular formula is C17H24BrNO3. The van der Waals surface area contributed by atoms with E-state index in [1.54, 1.807) is 0 Å². The van der Waals surface area contributed by atoms with Crippen molar-refractivity contribution in [3.05, 3.63) is 28.7 Å². The minimum atomic E-state index is 0.213. The van der Waals surface area contributed by atoms with E-state index in [0.29, 0.717) is 18.9 Å². The van der Waals surface area contributed by atoms with Gasteiger partial charge in [-0.2, -0.15) is 0 Å². The van der Waals surface area contributed by atoms with Crippen molar-refractivity contribution >= 4 is 21.8 Å². The number of halogens is 1. The zero-order chi connectivity index (χ0) is 15.8. The van der Waals surface area contributed by atoms with E-state index in [1.165, 1.54) is 0 Å². The van der Waals surface area contributed by atoms with Crippen LogP contribution in [0.4, 0.5) is 0 Å². The summed E-state index contributed by atoms with van der Waals surface area (Å²) in [6, 6.07) is 7.76. The van der Waals surface area contributed by atoms with Crippen LogP contribution in [0, 0.1) is 5.92 Å². The second-order valence-corrected chi connectivity index (χ2v) is 6.40. The van der Waals surface area contributed by atoms with E-state index in [2.05, 4.69) is 15.9 Å². The summed E-state index contributed by atoms with van der Waals surface area (Å²) in [6.45, 7) is 5.79. The van der Waals surface area contributed by atoms with Gasteiger partial charge < -0.3 is 14.4 Å².